The zero-order chi connectivity index (χ0) is 11.9. The molecule has 18 heavy (non-hydrogen) atoms. The smallest absolute Gasteiger partial charge is 0.0705 e. The minimum atomic E-state index is 0.914. The number of aromatic nitrogens is 1. The number of rotatable bonds is 2. The number of hydrogen-bond acceptors (Lipinski definition) is 1. The van der Waals surface area contributed by atoms with Crippen LogP contribution in [0, 0.1) is 17.8 Å². The Morgan fingerprint density at radius 1 is 1.00 bits per heavy atom. The number of hydrogen-bond donors (Lipinski definition) is 0. The molecule has 1 aromatic carbocycles. The number of pyridine rings is 1. The third-order valence-corrected chi connectivity index (χ3v) is 5.01. The van der Waals surface area contributed by atoms with Crippen molar-refractivity contribution in [2.75, 3.05) is 0 Å². The van der Waals surface area contributed by atoms with Crippen LogP contribution in [0.1, 0.15) is 31.4 Å². The Hall–Kier alpha value is -1.37. The summed E-state index contributed by atoms with van der Waals surface area (Å²) in [5.74, 6) is 2.96. The van der Waals surface area contributed by atoms with Gasteiger partial charge in [0.15, 0.2) is 0 Å². The van der Waals surface area contributed by atoms with Crippen molar-refractivity contribution in [3.63, 3.8) is 0 Å². The molecule has 2 bridgehead atoms. The van der Waals surface area contributed by atoms with Gasteiger partial charge in [0, 0.05) is 11.1 Å². The number of para-hydroxylation sites is 1. The van der Waals surface area contributed by atoms with Gasteiger partial charge in [-0.3, -0.25) is 4.98 Å². The van der Waals surface area contributed by atoms with Gasteiger partial charge in [-0.25, -0.2) is 0 Å². The second-order valence-corrected chi connectivity index (χ2v) is 6.13. The van der Waals surface area contributed by atoms with Crippen LogP contribution >= 0.6 is 0 Å². The first-order chi connectivity index (χ1) is 8.88. The summed E-state index contributed by atoms with van der Waals surface area (Å²) in [5.41, 5.74) is 2.45. The lowest BCUT2D eigenvalue weighted by atomic mass is 9.85. The molecule has 1 heterocycles. The van der Waals surface area contributed by atoms with Gasteiger partial charge >= 0.3 is 0 Å². The molecule has 1 nitrogen and oxygen atoms in total. The van der Waals surface area contributed by atoms with Gasteiger partial charge in [-0.15, -0.1) is 0 Å². The minimum absolute atomic E-state index is 0.914. The van der Waals surface area contributed by atoms with E-state index in [0.29, 0.717) is 0 Å². The molecule has 1 aromatic heterocycles. The van der Waals surface area contributed by atoms with Crippen molar-refractivity contribution in [3.05, 3.63) is 42.1 Å². The highest BCUT2D eigenvalue weighted by Gasteiger charge is 2.39. The molecule has 1 heteroatoms. The average molecular weight is 237 g/mol. The second kappa shape index (κ2) is 4.08. The Morgan fingerprint density at radius 2 is 1.94 bits per heavy atom. The predicted octanol–water partition coefficient (Wildman–Crippen LogP) is 4.21. The molecule has 0 N–H and O–H groups in total. The van der Waals surface area contributed by atoms with Crippen molar-refractivity contribution in [2.45, 2.75) is 32.1 Å². The van der Waals surface area contributed by atoms with Crippen LogP contribution in [0.3, 0.4) is 0 Å². The fraction of sp³-hybridized carbons (Fsp3) is 0.471. The van der Waals surface area contributed by atoms with Gasteiger partial charge in [-0.2, -0.15) is 0 Å². The number of nitrogens with zero attached hydrogens (tertiary/aromatic N) is 1. The topological polar surface area (TPSA) is 12.9 Å². The van der Waals surface area contributed by atoms with Crippen LogP contribution in [0.5, 0.6) is 0 Å². The first-order valence-corrected chi connectivity index (χ1v) is 7.23. The second-order valence-electron chi connectivity index (χ2n) is 6.13. The summed E-state index contributed by atoms with van der Waals surface area (Å²) in [4.78, 5) is 4.82. The van der Waals surface area contributed by atoms with Crippen molar-refractivity contribution in [3.8, 4) is 0 Å². The Kier molecular flexibility index (Phi) is 2.39. The molecule has 92 valence electrons. The van der Waals surface area contributed by atoms with Crippen molar-refractivity contribution in [1.82, 2.24) is 4.98 Å². The van der Waals surface area contributed by atoms with E-state index in [0.717, 1.165) is 23.3 Å². The van der Waals surface area contributed by atoms with Gasteiger partial charge < -0.3 is 0 Å². The van der Waals surface area contributed by atoms with E-state index in [1.54, 1.807) is 0 Å². The van der Waals surface area contributed by atoms with Crippen molar-refractivity contribution in [1.29, 1.82) is 0 Å². The molecule has 3 atom stereocenters. The largest absolute Gasteiger partial charge is 0.253 e. The molecular formula is C17H19N. The Bertz CT molecular complexity index is 575. The van der Waals surface area contributed by atoms with Crippen LogP contribution in [-0.2, 0) is 6.42 Å². The Morgan fingerprint density at radius 3 is 2.78 bits per heavy atom. The molecule has 0 amide bonds. The normalized spacial score (nSPS) is 30.1. The van der Waals surface area contributed by atoms with E-state index < -0.39 is 0 Å². The van der Waals surface area contributed by atoms with E-state index in [-0.39, 0.29) is 0 Å². The summed E-state index contributed by atoms with van der Waals surface area (Å²) < 4.78 is 0. The zero-order valence-electron chi connectivity index (χ0n) is 10.7. The summed E-state index contributed by atoms with van der Waals surface area (Å²) in [6, 6.07) is 12.9. The average Bonchev–Trinajstić information content (AvgIpc) is 3.01. The Labute approximate surface area is 108 Å². The summed E-state index contributed by atoms with van der Waals surface area (Å²) in [6.07, 6.45) is 7.12. The third kappa shape index (κ3) is 1.73. The molecule has 0 aliphatic heterocycles. The molecule has 2 saturated carbocycles. The number of benzene rings is 1. The van der Waals surface area contributed by atoms with E-state index in [1.165, 1.54) is 43.2 Å². The minimum Gasteiger partial charge on any atom is -0.253 e. The lowest BCUT2D eigenvalue weighted by molar-refractivity contribution is 0.329. The summed E-state index contributed by atoms with van der Waals surface area (Å²) in [6.45, 7) is 0. The van der Waals surface area contributed by atoms with Crippen LogP contribution in [-0.4, -0.2) is 4.98 Å². The maximum absolute atomic E-state index is 4.82. The fourth-order valence-corrected chi connectivity index (χ4v) is 4.12. The molecule has 0 saturated heterocycles. The molecule has 4 rings (SSSR count). The lowest BCUT2D eigenvalue weighted by Crippen LogP contribution is -2.13. The quantitative estimate of drug-likeness (QED) is 0.762. The summed E-state index contributed by atoms with van der Waals surface area (Å²) in [5, 5.41) is 1.26. The van der Waals surface area contributed by atoms with Crippen LogP contribution < -0.4 is 0 Å². The van der Waals surface area contributed by atoms with Gasteiger partial charge in [0.05, 0.1) is 5.52 Å². The van der Waals surface area contributed by atoms with E-state index in [9.17, 15) is 0 Å². The third-order valence-electron chi connectivity index (χ3n) is 5.01. The van der Waals surface area contributed by atoms with Crippen LogP contribution in [0.15, 0.2) is 36.4 Å². The first kappa shape index (κ1) is 10.5. The zero-order valence-corrected chi connectivity index (χ0v) is 10.7. The summed E-state index contributed by atoms with van der Waals surface area (Å²) in [7, 11) is 0. The van der Waals surface area contributed by atoms with Crippen LogP contribution in [0.4, 0.5) is 0 Å². The van der Waals surface area contributed by atoms with Gasteiger partial charge in [0.2, 0.25) is 0 Å². The molecule has 2 aliphatic rings. The SMILES string of the molecule is c1ccc2nc(C[C@@H]3C[C@H]4CC[C@@H]3C4)ccc2c1. The van der Waals surface area contributed by atoms with Crippen LogP contribution in [0.25, 0.3) is 10.9 Å². The van der Waals surface area contributed by atoms with E-state index >= 15 is 0 Å². The Balaban J connectivity index is 1.59. The molecule has 0 unspecified atom stereocenters. The van der Waals surface area contributed by atoms with Crippen molar-refractivity contribution < 1.29 is 0 Å². The van der Waals surface area contributed by atoms with E-state index in [1.807, 2.05) is 0 Å². The summed E-state index contributed by atoms with van der Waals surface area (Å²) >= 11 is 0. The molecule has 2 aliphatic carbocycles. The predicted molar refractivity (Wildman–Crippen MR) is 74.4 cm³/mol. The van der Waals surface area contributed by atoms with Crippen molar-refractivity contribution in [2.24, 2.45) is 17.8 Å². The lowest BCUT2D eigenvalue weighted by Gasteiger charge is -2.21. The van der Waals surface area contributed by atoms with Gasteiger partial charge in [-0.1, -0.05) is 30.7 Å². The van der Waals surface area contributed by atoms with E-state index in [4.69, 9.17) is 4.98 Å². The maximum Gasteiger partial charge on any atom is 0.0705 e. The standard InChI is InChI=1S/C17H19N/c1-2-4-17-13(3-1)7-8-16(18-17)11-15-10-12-5-6-14(15)9-12/h1-4,7-8,12,14-15H,5-6,9-11H2/t12-,14+,15-/m0/s1. The monoisotopic (exact) mass is 237 g/mol. The van der Waals surface area contributed by atoms with Crippen molar-refractivity contribution >= 4 is 10.9 Å². The number of fused-ring (bicyclic) bond motifs is 3. The van der Waals surface area contributed by atoms with E-state index in [2.05, 4.69) is 36.4 Å². The van der Waals surface area contributed by atoms with Gasteiger partial charge in [0.1, 0.15) is 0 Å². The molecule has 0 radical (unpaired) electrons. The van der Waals surface area contributed by atoms with Crippen LogP contribution in [0.2, 0.25) is 0 Å². The molecular weight excluding hydrogens is 218 g/mol. The highest BCUT2D eigenvalue weighted by molar-refractivity contribution is 5.78. The first-order valence-electron chi connectivity index (χ1n) is 7.23. The van der Waals surface area contributed by atoms with Gasteiger partial charge in [0.25, 0.3) is 0 Å². The van der Waals surface area contributed by atoms with Gasteiger partial charge in [-0.05, 0) is 55.6 Å². The molecule has 2 fully saturated rings. The highest BCUT2D eigenvalue weighted by Crippen LogP contribution is 2.49. The molecule has 0 spiro atoms. The molecule has 2 aromatic rings. The maximum atomic E-state index is 4.82. The highest BCUT2D eigenvalue weighted by atomic mass is 14.7. The fourth-order valence-electron chi connectivity index (χ4n) is 4.12.